The van der Waals surface area contributed by atoms with Crippen LogP contribution in [0.25, 0.3) is 0 Å². The average molecular weight is 362 g/mol. The van der Waals surface area contributed by atoms with E-state index < -0.39 is 15.3 Å². The summed E-state index contributed by atoms with van der Waals surface area (Å²) in [6.07, 6.45) is 0.678. The zero-order valence-corrected chi connectivity index (χ0v) is 13.2. The van der Waals surface area contributed by atoms with Gasteiger partial charge in [0.05, 0.1) is 4.90 Å². The number of benzene rings is 1. The number of hydrogen-bond donors (Lipinski definition) is 1. The molecule has 0 aliphatic carbocycles. The molecule has 0 aromatic heterocycles. The van der Waals surface area contributed by atoms with Crippen LogP contribution in [-0.4, -0.2) is 33.4 Å². The molecule has 0 amide bonds. The Morgan fingerprint density at radius 3 is 2.60 bits per heavy atom. The molecule has 20 heavy (non-hydrogen) atoms. The van der Waals surface area contributed by atoms with Gasteiger partial charge in [-0.25, -0.2) is 8.42 Å². The molecule has 110 valence electrons. The van der Waals surface area contributed by atoms with Crippen molar-refractivity contribution < 1.29 is 17.9 Å². The fraction of sp³-hybridized carbons (Fsp3) is 0.462. The summed E-state index contributed by atoms with van der Waals surface area (Å²) < 4.78 is 30.1. The number of nitrogens with one attached hydrogen (secondary N) is 1. The topological polar surface area (TPSA) is 72.5 Å². The van der Waals surface area contributed by atoms with E-state index in [0.717, 1.165) is 12.1 Å². The predicted octanol–water partition coefficient (Wildman–Crippen LogP) is 1.46. The monoisotopic (exact) mass is 361 g/mol. The summed E-state index contributed by atoms with van der Waals surface area (Å²) in [5.74, 6) is -0.207. The molecule has 0 spiro atoms. The number of carbonyl (C=O) groups excluding carboxylic acids is 1. The number of carbonyl (C=O) groups is 1. The molecule has 1 aromatic carbocycles. The van der Waals surface area contributed by atoms with Gasteiger partial charge in [0.15, 0.2) is 0 Å². The molecule has 1 heterocycles. The van der Waals surface area contributed by atoms with E-state index >= 15 is 0 Å². The minimum atomic E-state index is -3.68. The molecule has 0 bridgehead atoms. The third-order valence-corrected chi connectivity index (χ3v) is 6.07. The van der Waals surface area contributed by atoms with Crippen LogP contribution in [0.4, 0.5) is 0 Å². The lowest BCUT2D eigenvalue weighted by atomic mass is 10.1. The maximum Gasteiger partial charge on any atom is 0.294 e. The molecule has 1 aliphatic rings. The standard InChI is InChI=1S/C13H16BrNO4S/c14-7-10-1-3-12(4-2-10)20(17,18)13(19-9-16)11-5-6-15-8-11/h1-4,9,11,13,15H,5-8H2. The Hall–Kier alpha value is -0.920. The summed E-state index contributed by atoms with van der Waals surface area (Å²) in [5, 5.41) is 3.75. The first-order valence-electron chi connectivity index (χ1n) is 6.28. The van der Waals surface area contributed by atoms with E-state index in [0.29, 0.717) is 18.3 Å². The van der Waals surface area contributed by atoms with Crippen molar-refractivity contribution >= 4 is 32.2 Å². The third kappa shape index (κ3) is 3.21. The lowest BCUT2D eigenvalue weighted by Gasteiger charge is -2.21. The molecule has 7 heteroatoms. The highest BCUT2D eigenvalue weighted by atomic mass is 79.9. The Morgan fingerprint density at radius 1 is 1.40 bits per heavy atom. The van der Waals surface area contributed by atoms with Gasteiger partial charge >= 0.3 is 0 Å². The number of rotatable bonds is 6. The van der Waals surface area contributed by atoms with E-state index in [-0.39, 0.29) is 17.3 Å². The summed E-state index contributed by atoms with van der Waals surface area (Å²) in [6.45, 7) is 1.49. The third-order valence-electron chi connectivity index (χ3n) is 3.39. The number of hydrogen-bond acceptors (Lipinski definition) is 5. The molecular formula is C13H16BrNO4S. The van der Waals surface area contributed by atoms with Crippen molar-refractivity contribution in [3.63, 3.8) is 0 Å². The number of alkyl halides is 1. The summed E-state index contributed by atoms with van der Waals surface area (Å²) in [6, 6.07) is 6.59. The van der Waals surface area contributed by atoms with Crippen LogP contribution < -0.4 is 5.32 Å². The maximum atomic E-state index is 12.6. The highest BCUT2D eigenvalue weighted by Crippen LogP contribution is 2.26. The van der Waals surface area contributed by atoms with Crippen molar-refractivity contribution in [2.45, 2.75) is 22.1 Å². The lowest BCUT2D eigenvalue weighted by molar-refractivity contribution is -0.131. The normalized spacial score (nSPS) is 20.6. The van der Waals surface area contributed by atoms with Gasteiger partial charge in [-0.15, -0.1) is 0 Å². The van der Waals surface area contributed by atoms with Gasteiger partial charge in [0.2, 0.25) is 15.3 Å². The largest absolute Gasteiger partial charge is 0.447 e. The second kappa shape index (κ2) is 6.69. The van der Waals surface area contributed by atoms with Crippen LogP contribution in [0.1, 0.15) is 12.0 Å². The van der Waals surface area contributed by atoms with E-state index in [1.807, 2.05) is 0 Å². The second-order valence-corrected chi connectivity index (χ2v) is 7.26. The Bertz CT molecular complexity index is 552. The molecule has 5 nitrogen and oxygen atoms in total. The number of halogens is 1. The molecular weight excluding hydrogens is 346 g/mol. The minimum absolute atomic E-state index is 0.181. The quantitative estimate of drug-likeness (QED) is 0.613. The summed E-state index contributed by atoms with van der Waals surface area (Å²) in [4.78, 5) is 10.8. The molecule has 1 aliphatic heterocycles. The first-order chi connectivity index (χ1) is 9.59. The molecule has 1 aromatic rings. The van der Waals surface area contributed by atoms with E-state index in [9.17, 15) is 13.2 Å². The number of ether oxygens (including phenoxy) is 1. The van der Waals surface area contributed by atoms with Crippen LogP contribution in [0, 0.1) is 5.92 Å². The molecule has 2 unspecified atom stereocenters. The molecule has 2 atom stereocenters. The zero-order valence-electron chi connectivity index (χ0n) is 10.8. The SMILES string of the molecule is O=COC(C1CCNC1)S(=O)(=O)c1ccc(CBr)cc1. The Morgan fingerprint density at radius 2 is 2.10 bits per heavy atom. The van der Waals surface area contributed by atoms with E-state index in [1.54, 1.807) is 24.3 Å². The summed E-state index contributed by atoms with van der Waals surface area (Å²) in [5.41, 5.74) is -0.135. The average Bonchev–Trinajstić information content (AvgIpc) is 2.98. The first kappa shape index (κ1) is 15.5. The van der Waals surface area contributed by atoms with Gasteiger partial charge in [0, 0.05) is 17.8 Å². The van der Waals surface area contributed by atoms with Gasteiger partial charge in [0.1, 0.15) is 0 Å². The van der Waals surface area contributed by atoms with Crippen molar-refractivity contribution in [1.29, 1.82) is 0 Å². The van der Waals surface area contributed by atoms with Crippen molar-refractivity contribution in [3.8, 4) is 0 Å². The Kier molecular flexibility index (Phi) is 5.17. The van der Waals surface area contributed by atoms with Crippen molar-refractivity contribution in [2.75, 3.05) is 13.1 Å². The first-order valence-corrected chi connectivity index (χ1v) is 8.95. The van der Waals surface area contributed by atoms with Gasteiger partial charge in [-0.05, 0) is 30.7 Å². The molecule has 2 rings (SSSR count). The highest BCUT2D eigenvalue weighted by molar-refractivity contribution is 9.08. The Balaban J connectivity index is 2.30. The van der Waals surface area contributed by atoms with Crippen LogP contribution in [0.2, 0.25) is 0 Å². The Labute approximate surface area is 126 Å². The van der Waals surface area contributed by atoms with Crippen LogP contribution in [0.5, 0.6) is 0 Å². The lowest BCUT2D eigenvalue weighted by Crippen LogP contribution is -2.33. The fourth-order valence-electron chi connectivity index (χ4n) is 2.30. The van der Waals surface area contributed by atoms with Crippen LogP contribution >= 0.6 is 15.9 Å². The van der Waals surface area contributed by atoms with Crippen molar-refractivity contribution in [3.05, 3.63) is 29.8 Å². The van der Waals surface area contributed by atoms with Crippen molar-refractivity contribution in [2.24, 2.45) is 5.92 Å². The second-order valence-electron chi connectivity index (χ2n) is 4.68. The highest BCUT2D eigenvalue weighted by Gasteiger charge is 2.37. The number of sulfone groups is 1. The van der Waals surface area contributed by atoms with Gasteiger partial charge in [-0.1, -0.05) is 28.1 Å². The molecule has 0 saturated carbocycles. The summed E-state index contributed by atoms with van der Waals surface area (Å²) >= 11 is 3.31. The van der Waals surface area contributed by atoms with Gasteiger partial charge in [-0.3, -0.25) is 4.79 Å². The summed E-state index contributed by atoms with van der Waals surface area (Å²) in [7, 11) is -3.68. The minimum Gasteiger partial charge on any atom is -0.447 e. The molecule has 1 saturated heterocycles. The van der Waals surface area contributed by atoms with Gasteiger partial charge in [0.25, 0.3) is 6.47 Å². The molecule has 0 radical (unpaired) electrons. The van der Waals surface area contributed by atoms with Crippen LogP contribution in [0.15, 0.2) is 29.2 Å². The van der Waals surface area contributed by atoms with E-state index in [2.05, 4.69) is 21.2 Å². The molecule has 1 fully saturated rings. The molecule has 1 N–H and O–H groups in total. The van der Waals surface area contributed by atoms with Gasteiger partial charge < -0.3 is 10.1 Å². The fourth-order valence-corrected chi connectivity index (χ4v) is 4.39. The maximum absolute atomic E-state index is 12.6. The predicted molar refractivity (Wildman–Crippen MR) is 78.2 cm³/mol. The van der Waals surface area contributed by atoms with E-state index in [4.69, 9.17) is 4.74 Å². The van der Waals surface area contributed by atoms with E-state index in [1.165, 1.54) is 0 Å². The van der Waals surface area contributed by atoms with Crippen molar-refractivity contribution in [1.82, 2.24) is 5.32 Å². The van der Waals surface area contributed by atoms with Gasteiger partial charge in [-0.2, -0.15) is 0 Å². The van der Waals surface area contributed by atoms with Crippen LogP contribution in [0.3, 0.4) is 0 Å². The smallest absolute Gasteiger partial charge is 0.294 e. The van der Waals surface area contributed by atoms with Crippen LogP contribution in [-0.2, 0) is 24.7 Å². The zero-order chi connectivity index (χ0) is 14.6.